The van der Waals surface area contributed by atoms with E-state index in [1.165, 1.54) is 36.4 Å². The quantitative estimate of drug-likeness (QED) is 0.538. The molecular formula is C20H16F3N3O3S. The molecule has 0 saturated carbocycles. The summed E-state index contributed by atoms with van der Waals surface area (Å²) < 4.78 is 64.3. The van der Waals surface area contributed by atoms with Gasteiger partial charge in [-0.15, -0.1) is 0 Å². The van der Waals surface area contributed by atoms with Gasteiger partial charge in [-0.25, -0.2) is 13.1 Å². The Morgan fingerprint density at radius 2 is 1.80 bits per heavy atom. The predicted octanol–water partition coefficient (Wildman–Crippen LogP) is 2.68. The average Bonchev–Trinajstić information content (AvgIpc) is 2.71. The molecule has 2 aromatic rings. The molecule has 10 heteroatoms. The van der Waals surface area contributed by atoms with Gasteiger partial charge >= 0.3 is 6.18 Å². The number of nitrogens with zero attached hydrogens (tertiary/aromatic N) is 1. The summed E-state index contributed by atoms with van der Waals surface area (Å²) >= 11 is 0. The summed E-state index contributed by atoms with van der Waals surface area (Å²) in [6.45, 7) is -0.129. The fourth-order valence-corrected chi connectivity index (χ4v) is 3.29. The van der Waals surface area contributed by atoms with Crippen LogP contribution in [-0.2, 0) is 16.2 Å². The average molecular weight is 435 g/mol. The van der Waals surface area contributed by atoms with E-state index in [0.29, 0.717) is 0 Å². The molecule has 0 aromatic heterocycles. The first-order chi connectivity index (χ1) is 14.1. The number of carbonyl (C=O) groups excluding carboxylic acids is 1. The number of carbonyl (C=O) groups is 1. The minimum absolute atomic E-state index is 0.0222. The summed E-state index contributed by atoms with van der Waals surface area (Å²) in [6, 6.07) is 11.5. The third kappa shape index (κ3) is 6.62. The van der Waals surface area contributed by atoms with Gasteiger partial charge in [-0.1, -0.05) is 17.9 Å². The Balaban J connectivity index is 1.95. The van der Waals surface area contributed by atoms with E-state index in [9.17, 15) is 26.4 Å². The van der Waals surface area contributed by atoms with E-state index in [0.717, 1.165) is 12.1 Å². The molecule has 2 N–H and O–H groups in total. The first-order valence-corrected chi connectivity index (χ1v) is 10.0. The smallest absolute Gasteiger partial charge is 0.341 e. The van der Waals surface area contributed by atoms with Gasteiger partial charge in [0.2, 0.25) is 10.0 Å². The highest BCUT2D eigenvalue weighted by atomic mass is 32.2. The van der Waals surface area contributed by atoms with E-state index in [4.69, 9.17) is 5.26 Å². The zero-order valence-corrected chi connectivity index (χ0v) is 16.3. The van der Waals surface area contributed by atoms with Crippen LogP contribution < -0.4 is 10.0 Å². The second kappa shape index (κ2) is 9.92. The lowest BCUT2D eigenvalue weighted by atomic mass is 10.1. The molecule has 0 atom stereocenters. The van der Waals surface area contributed by atoms with Gasteiger partial charge in [-0.2, -0.15) is 18.4 Å². The van der Waals surface area contributed by atoms with Crippen LogP contribution in [0.2, 0.25) is 0 Å². The van der Waals surface area contributed by atoms with Crippen molar-refractivity contribution in [2.24, 2.45) is 0 Å². The summed E-state index contributed by atoms with van der Waals surface area (Å²) in [5.41, 5.74) is -0.458. The first-order valence-electron chi connectivity index (χ1n) is 8.54. The fourth-order valence-electron chi connectivity index (χ4n) is 2.26. The topological polar surface area (TPSA) is 99.1 Å². The number of benzene rings is 2. The molecule has 0 unspecified atom stereocenters. The van der Waals surface area contributed by atoms with Gasteiger partial charge in [0.1, 0.15) is 0 Å². The molecule has 2 aromatic carbocycles. The fraction of sp³-hybridized carbons (Fsp3) is 0.200. The Morgan fingerprint density at radius 3 is 2.43 bits per heavy atom. The van der Waals surface area contributed by atoms with Gasteiger partial charge in [0.05, 0.1) is 23.1 Å². The molecule has 0 spiro atoms. The minimum atomic E-state index is -4.46. The summed E-state index contributed by atoms with van der Waals surface area (Å²) in [4.78, 5) is 12.0. The maximum atomic E-state index is 12.7. The summed E-state index contributed by atoms with van der Waals surface area (Å²) in [5.74, 6) is 4.59. The van der Waals surface area contributed by atoms with Gasteiger partial charge < -0.3 is 5.32 Å². The van der Waals surface area contributed by atoms with Crippen molar-refractivity contribution in [1.29, 1.82) is 5.26 Å². The SMILES string of the molecule is N#CCCNS(=O)(=O)c1ccc(C(=O)NCC#Cc2cccc(C(F)(F)F)c2)cc1. The van der Waals surface area contributed by atoms with Gasteiger partial charge in [0.25, 0.3) is 5.91 Å². The number of hydrogen-bond acceptors (Lipinski definition) is 4. The summed E-state index contributed by atoms with van der Waals surface area (Å²) in [7, 11) is -3.78. The van der Waals surface area contributed by atoms with E-state index < -0.39 is 27.7 Å². The zero-order valence-electron chi connectivity index (χ0n) is 15.5. The third-order valence-corrected chi connectivity index (χ3v) is 5.19. The van der Waals surface area contributed by atoms with Crippen molar-refractivity contribution >= 4 is 15.9 Å². The number of nitrogens with one attached hydrogen (secondary N) is 2. The van der Waals surface area contributed by atoms with Crippen LogP contribution in [0.4, 0.5) is 13.2 Å². The molecule has 0 aliphatic carbocycles. The first kappa shape index (κ1) is 22.9. The monoisotopic (exact) mass is 435 g/mol. The lowest BCUT2D eigenvalue weighted by Gasteiger charge is -2.06. The lowest BCUT2D eigenvalue weighted by molar-refractivity contribution is -0.137. The van der Waals surface area contributed by atoms with Crippen LogP contribution in [-0.4, -0.2) is 27.4 Å². The summed E-state index contributed by atoms with van der Waals surface area (Å²) in [5, 5.41) is 10.9. The van der Waals surface area contributed by atoms with Gasteiger partial charge in [-0.05, 0) is 42.5 Å². The van der Waals surface area contributed by atoms with Gasteiger partial charge in [-0.3, -0.25) is 4.79 Å². The second-order valence-corrected chi connectivity index (χ2v) is 7.66. The van der Waals surface area contributed by atoms with Crippen LogP contribution in [0.25, 0.3) is 0 Å². The van der Waals surface area contributed by atoms with Crippen LogP contribution in [0.5, 0.6) is 0 Å². The van der Waals surface area contributed by atoms with Crippen LogP contribution in [0, 0.1) is 23.2 Å². The molecule has 2 rings (SSSR count). The van der Waals surface area contributed by atoms with E-state index in [-0.39, 0.29) is 35.5 Å². The Bertz CT molecular complexity index is 1110. The molecule has 0 bridgehead atoms. The third-order valence-electron chi connectivity index (χ3n) is 3.72. The van der Waals surface area contributed by atoms with Crippen LogP contribution in [0.3, 0.4) is 0 Å². The molecule has 0 heterocycles. The highest BCUT2D eigenvalue weighted by Gasteiger charge is 2.30. The molecule has 156 valence electrons. The maximum Gasteiger partial charge on any atom is 0.416 e. The lowest BCUT2D eigenvalue weighted by Crippen LogP contribution is -2.25. The highest BCUT2D eigenvalue weighted by Crippen LogP contribution is 2.29. The molecule has 0 saturated heterocycles. The molecular weight excluding hydrogens is 419 g/mol. The molecule has 0 fully saturated rings. The number of alkyl halides is 3. The van der Waals surface area contributed by atoms with Crippen LogP contribution in [0.1, 0.15) is 27.9 Å². The van der Waals surface area contributed by atoms with Crippen molar-refractivity contribution in [3.8, 4) is 17.9 Å². The van der Waals surface area contributed by atoms with E-state index >= 15 is 0 Å². The number of hydrogen-bond donors (Lipinski definition) is 2. The van der Waals surface area contributed by atoms with Crippen LogP contribution >= 0.6 is 0 Å². The van der Waals surface area contributed by atoms with Crippen LogP contribution in [0.15, 0.2) is 53.4 Å². The Hall–Kier alpha value is -3.34. The Kier molecular flexibility index (Phi) is 7.59. The molecule has 0 aliphatic rings. The minimum Gasteiger partial charge on any atom is -0.341 e. The number of nitriles is 1. The van der Waals surface area contributed by atoms with E-state index in [1.54, 1.807) is 0 Å². The molecule has 6 nitrogen and oxygen atoms in total. The summed E-state index contributed by atoms with van der Waals surface area (Å²) in [6.07, 6.45) is -4.43. The molecule has 0 aliphatic heterocycles. The standard InChI is InChI=1S/C20H16F3N3O3S/c21-20(22,23)17-6-1-4-15(14-17)5-2-12-25-19(27)16-7-9-18(10-8-16)30(28,29)26-13-3-11-24/h1,4,6-10,14,26H,3,12-13H2,(H,25,27). The normalized spacial score (nSPS) is 11.1. The zero-order chi connectivity index (χ0) is 22.2. The number of sulfonamides is 1. The highest BCUT2D eigenvalue weighted by molar-refractivity contribution is 7.89. The van der Waals surface area contributed by atoms with E-state index in [2.05, 4.69) is 21.9 Å². The second-order valence-electron chi connectivity index (χ2n) is 5.89. The van der Waals surface area contributed by atoms with Crippen molar-refractivity contribution in [1.82, 2.24) is 10.0 Å². The Labute approximate surface area is 171 Å². The van der Waals surface area contributed by atoms with Crippen molar-refractivity contribution in [2.45, 2.75) is 17.5 Å². The van der Waals surface area contributed by atoms with Gasteiger partial charge in [0, 0.05) is 24.1 Å². The molecule has 0 radical (unpaired) electrons. The van der Waals surface area contributed by atoms with Gasteiger partial charge in [0.15, 0.2) is 0 Å². The number of amides is 1. The number of halogens is 3. The molecule has 30 heavy (non-hydrogen) atoms. The largest absolute Gasteiger partial charge is 0.416 e. The van der Waals surface area contributed by atoms with Crippen molar-refractivity contribution < 1.29 is 26.4 Å². The van der Waals surface area contributed by atoms with Crippen molar-refractivity contribution in [3.05, 3.63) is 65.2 Å². The Morgan fingerprint density at radius 1 is 1.10 bits per heavy atom. The predicted molar refractivity (Wildman–Crippen MR) is 103 cm³/mol. The molecule has 1 amide bonds. The van der Waals surface area contributed by atoms with Crippen molar-refractivity contribution in [2.75, 3.05) is 13.1 Å². The maximum absolute atomic E-state index is 12.7. The number of rotatable bonds is 6. The van der Waals surface area contributed by atoms with E-state index in [1.807, 2.05) is 6.07 Å². The van der Waals surface area contributed by atoms with Crippen molar-refractivity contribution in [3.63, 3.8) is 0 Å².